The van der Waals surface area contributed by atoms with Gasteiger partial charge in [0.25, 0.3) is 0 Å². The second-order valence-electron chi connectivity index (χ2n) is 5.73. The minimum Gasteiger partial charge on any atom is -0.353 e. The van der Waals surface area contributed by atoms with E-state index in [0.29, 0.717) is 12.6 Å². The van der Waals surface area contributed by atoms with Crippen molar-refractivity contribution >= 4 is 5.96 Å². The van der Waals surface area contributed by atoms with Crippen LogP contribution in [0.25, 0.3) is 0 Å². The van der Waals surface area contributed by atoms with Crippen LogP contribution in [0.2, 0.25) is 0 Å². The number of imidazole rings is 1. The smallest absolute Gasteiger partial charge is 0.191 e. The van der Waals surface area contributed by atoms with E-state index in [4.69, 9.17) is 0 Å². The van der Waals surface area contributed by atoms with Gasteiger partial charge in [-0.05, 0) is 30.4 Å². The summed E-state index contributed by atoms with van der Waals surface area (Å²) in [6, 6.07) is 9.14. The molecule has 1 unspecified atom stereocenters. The summed E-state index contributed by atoms with van der Waals surface area (Å²) in [7, 11) is 3.81. The van der Waals surface area contributed by atoms with Crippen molar-refractivity contribution in [3.8, 4) is 0 Å². The molecule has 3 rings (SSSR count). The number of hydrogen-bond acceptors (Lipinski definition) is 2. The van der Waals surface area contributed by atoms with E-state index in [9.17, 15) is 0 Å². The predicted molar refractivity (Wildman–Crippen MR) is 88.8 cm³/mol. The van der Waals surface area contributed by atoms with Crippen LogP contribution in [0.1, 0.15) is 23.4 Å². The second kappa shape index (κ2) is 6.64. The number of aliphatic imine (C=N–C) groups is 1. The molecule has 1 aliphatic carbocycles. The summed E-state index contributed by atoms with van der Waals surface area (Å²) in [6.07, 6.45) is 7.08. The fourth-order valence-electron chi connectivity index (χ4n) is 2.94. The number of aryl methyl sites for hydroxylation is 2. The summed E-state index contributed by atoms with van der Waals surface area (Å²) in [5.41, 5.74) is 2.93. The summed E-state index contributed by atoms with van der Waals surface area (Å²) >= 11 is 0. The Morgan fingerprint density at radius 2 is 2.18 bits per heavy atom. The molecule has 0 aliphatic heterocycles. The fraction of sp³-hybridized carbons (Fsp3) is 0.412. The predicted octanol–water partition coefficient (Wildman–Crippen LogP) is 1.64. The van der Waals surface area contributed by atoms with E-state index in [1.54, 1.807) is 0 Å². The van der Waals surface area contributed by atoms with E-state index in [-0.39, 0.29) is 0 Å². The highest BCUT2D eigenvalue weighted by Gasteiger charge is 2.19. The average molecular weight is 297 g/mol. The molecule has 1 aromatic carbocycles. The highest BCUT2D eigenvalue weighted by atomic mass is 15.2. The van der Waals surface area contributed by atoms with Crippen molar-refractivity contribution in [2.45, 2.75) is 31.8 Å². The van der Waals surface area contributed by atoms with E-state index in [1.165, 1.54) is 11.1 Å². The zero-order valence-corrected chi connectivity index (χ0v) is 13.2. The Kier molecular flexibility index (Phi) is 4.42. The van der Waals surface area contributed by atoms with Crippen LogP contribution in [0, 0.1) is 0 Å². The second-order valence-corrected chi connectivity index (χ2v) is 5.73. The third kappa shape index (κ3) is 3.30. The van der Waals surface area contributed by atoms with E-state index in [0.717, 1.165) is 31.0 Å². The Balaban J connectivity index is 1.57. The lowest BCUT2D eigenvalue weighted by molar-refractivity contribution is 0.519. The molecule has 0 spiro atoms. The quantitative estimate of drug-likeness (QED) is 0.669. The first-order chi connectivity index (χ1) is 10.8. The normalized spacial score (nSPS) is 17.9. The van der Waals surface area contributed by atoms with Crippen molar-refractivity contribution in [1.82, 2.24) is 20.2 Å². The monoisotopic (exact) mass is 297 g/mol. The number of benzene rings is 1. The van der Waals surface area contributed by atoms with Crippen LogP contribution in [0.3, 0.4) is 0 Å². The minimum absolute atomic E-state index is 0.433. The Morgan fingerprint density at radius 1 is 1.36 bits per heavy atom. The minimum atomic E-state index is 0.433. The Labute approximate surface area is 131 Å². The van der Waals surface area contributed by atoms with Gasteiger partial charge in [-0.2, -0.15) is 0 Å². The van der Waals surface area contributed by atoms with Crippen molar-refractivity contribution in [3.05, 3.63) is 53.6 Å². The van der Waals surface area contributed by atoms with Gasteiger partial charge in [-0.15, -0.1) is 0 Å². The maximum atomic E-state index is 4.32. The number of guanidine groups is 1. The molecule has 1 heterocycles. The summed E-state index contributed by atoms with van der Waals surface area (Å²) in [5.74, 6) is 1.84. The maximum Gasteiger partial charge on any atom is 0.191 e. The number of aromatic nitrogens is 2. The van der Waals surface area contributed by atoms with E-state index < -0.39 is 0 Å². The summed E-state index contributed by atoms with van der Waals surface area (Å²) in [6.45, 7) is 0.673. The molecule has 1 aliphatic rings. The van der Waals surface area contributed by atoms with Crippen LogP contribution in [0.5, 0.6) is 0 Å². The topological polar surface area (TPSA) is 54.2 Å². The van der Waals surface area contributed by atoms with Crippen molar-refractivity contribution in [2.24, 2.45) is 12.0 Å². The first-order valence-electron chi connectivity index (χ1n) is 7.76. The molecular formula is C17H23N5. The van der Waals surface area contributed by atoms with Crippen LogP contribution < -0.4 is 10.6 Å². The molecule has 0 saturated heterocycles. The van der Waals surface area contributed by atoms with E-state index in [1.807, 2.05) is 31.1 Å². The van der Waals surface area contributed by atoms with Gasteiger partial charge in [0.2, 0.25) is 0 Å². The molecule has 2 N–H and O–H groups in total. The molecule has 5 nitrogen and oxygen atoms in total. The molecule has 5 heteroatoms. The molecule has 116 valence electrons. The average Bonchev–Trinajstić information content (AvgIpc) is 2.96. The van der Waals surface area contributed by atoms with Gasteiger partial charge in [0.05, 0.1) is 6.54 Å². The van der Waals surface area contributed by atoms with Crippen molar-refractivity contribution in [2.75, 3.05) is 7.05 Å². The molecule has 0 fully saturated rings. The van der Waals surface area contributed by atoms with Crippen molar-refractivity contribution in [1.29, 1.82) is 0 Å². The van der Waals surface area contributed by atoms with Gasteiger partial charge in [0, 0.05) is 32.5 Å². The van der Waals surface area contributed by atoms with Crippen LogP contribution >= 0.6 is 0 Å². The molecule has 1 aromatic heterocycles. The van der Waals surface area contributed by atoms with E-state index >= 15 is 0 Å². The van der Waals surface area contributed by atoms with Gasteiger partial charge in [0.15, 0.2) is 5.96 Å². The molecule has 0 amide bonds. The lowest BCUT2D eigenvalue weighted by Gasteiger charge is -2.27. The molecular weight excluding hydrogens is 274 g/mol. The summed E-state index contributed by atoms with van der Waals surface area (Å²) < 4.78 is 2.01. The number of hydrogen-bond donors (Lipinski definition) is 2. The summed E-state index contributed by atoms with van der Waals surface area (Å²) in [5, 5.41) is 6.87. The number of nitrogens with one attached hydrogen (secondary N) is 2. The van der Waals surface area contributed by atoms with Crippen LogP contribution in [0.15, 0.2) is 41.7 Å². The third-order valence-corrected chi connectivity index (χ3v) is 4.25. The molecule has 0 radical (unpaired) electrons. The van der Waals surface area contributed by atoms with Gasteiger partial charge in [0.1, 0.15) is 5.82 Å². The van der Waals surface area contributed by atoms with Crippen LogP contribution in [-0.2, 0) is 26.4 Å². The van der Waals surface area contributed by atoms with Gasteiger partial charge < -0.3 is 15.2 Å². The van der Waals surface area contributed by atoms with Crippen LogP contribution in [0.4, 0.5) is 0 Å². The Hall–Kier alpha value is -2.30. The van der Waals surface area contributed by atoms with E-state index in [2.05, 4.69) is 44.9 Å². The fourth-order valence-corrected chi connectivity index (χ4v) is 2.94. The largest absolute Gasteiger partial charge is 0.353 e. The first-order valence-corrected chi connectivity index (χ1v) is 7.76. The highest BCUT2D eigenvalue weighted by Crippen LogP contribution is 2.20. The van der Waals surface area contributed by atoms with Crippen molar-refractivity contribution in [3.63, 3.8) is 0 Å². The maximum absolute atomic E-state index is 4.32. The summed E-state index contributed by atoms with van der Waals surface area (Å²) in [4.78, 5) is 8.64. The third-order valence-electron chi connectivity index (χ3n) is 4.25. The standard InChI is InChI=1S/C17H23N5/c1-18-17(20-12-16-19-9-10-22(16)2)21-15-8-7-13-5-3-4-6-14(13)11-15/h3-6,9-10,15H,7-8,11-12H2,1-2H3,(H2,18,20,21). The number of fused-ring (bicyclic) bond motifs is 1. The van der Waals surface area contributed by atoms with Gasteiger partial charge >= 0.3 is 0 Å². The molecule has 2 aromatic rings. The Morgan fingerprint density at radius 3 is 2.91 bits per heavy atom. The lowest BCUT2D eigenvalue weighted by Crippen LogP contribution is -2.45. The van der Waals surface area contributed by atoms with Crippen molar-refractivity contribution < 1.29 is 0 Å². The first kappa shape index (κ1) is 14.6. The van der Waals surface area contributed by atoms with Gasteiger partial charge in [-0.25, -0.2) is 4.98 Å². The number of rotatable bonds is 3. The Bertz CT molecular complexity index is 659. The molecule has 22 heavy (non-hydrogen) atoms. The molecule has 1 atom stereocenters. The molecule has 0 bridgehead atoms. The lowest BCUT2D eigenvalue weighted by atomic mass is 9.88. The highest BCUT2D eigenvalue weighted by molar-refractivity contribution is 5.79. The zero-order chi connectivity index (χ0) is 15.4. The van der Waals surface area contributed by atoms with Gasteiger partial charge in [-0.3, -0.25) is 4.99 Å². The SMILES string of the molecule is CN=C(NCc1nccn1C)NC1CCc2ccccc2C1. The molecule has 0 saturated carbocycles. The zero-order valence-electron chi connectivity index (χ0n) is 13.2. The number of nitrogens with zero attached hydrogens (tertiary/aromatic N) is 3. The van der Waals surface area contributed by atoms with Crippen LogP contribution in [-0.4, -0.2) is 28.6 Å². The van der Waals surface area contributed by atoms with Gasteiger partial charge in [-0.1, -0.05) is 24.3 Å².